The maximum Gasteiger partial charge on any atom is 0.305 e. The summed E-state index contributed by atoms with van der Waals surface area (Å²) in [6, 6.07) is 6.81. The Hall–Kier alpha value is -2.37. The molecule has 6 heteroatoms. The summed E-state index contributed by atoms with van der Waals surface area (Å²) in [6.45, 7) is -0.0701. The van der Waals surface area contributed by atoms with E-state index in [1.54, 1.807) is 31.3 Å². The fourth-order valence-electron chi connectivity index (χ4n) is 2.00. The van der Waals surface area contributed by atoms with Crippen molar-refractivity contribution in [2.24, 2.45) is 0 Å². The lowest BCUT2D eigenvalue weighted by Crippen LogP contribution is -2.38. The second-order valence-electron chi connectivity index (χ2n) is 4.34. The van der Waals surface area contributed by atoms with Crippen molar-refractivity contribution >= 4 is 23.5 Å². The van der Waals surface area contributed by atoms with Gasteiger partial charge in [0, 0.05) is 13.6 Å². The number of benzene rings is 1. The predicted molar refractivity (Wildman–Crippen MR) is 68.0 cm³/mol. The molecule has 6 nitrogen and oxygen atoms in total. The van der Waals surface area contributed by atoms with E-state index in [0.717, 1.165) is 0 Å². The first-order valence-corrected chi connectivity index (χ1v) is 5.87. The number of carbonyl (C=O) groups is 3. The van der Waals surface area contributed by atoms with Crippen LogP contribution in [0.4, 0.5) is 5.69 Å². The zero-order chi connectivity index (χ0) is 14.0. The Morgan fingerprint density at radius 3 is 2.68 bits per heavy atom. The summed E-state index contributed by atoms with van der Waals surface area (Å²) in [5.74, 6) is -1.54. The molecule has 19 heavy (non-hydrogen) atoms. The van der Waals surface area contributed by atoms with E-state index in [1.807, 2.05) is 0 Å². The summed E-state index contributed by atoms with van der Waals surface area (Å²) in [7, 11) is 1.61. The van der Waals surface area contributed by atoms with Gasteiger partial charge in [-0.3, -0.25) is 14.4 Å². The van der Waals surface area contributed by atoms with Gasteiger partial charge >= 0.3 is 5.97 Å². The van der Waals surface area contributed by atoms with Crippen molar-refractivity contribution in [3.05, 3.63) is 29.8 Å². The third-order valence-corrected chi connectivity index (χ3v) is 3.08. The number of para-hydroxylation sites is 1. The quantitative estimate of drug-likeness (QED) is 0.864. The summed E-state index contributed by atoms with van der Waals surface area (Å²) in [6.07, 6.45) is -0.176. The number of aliphatic carboxylic acids is 1. The fourth-order valence-corrected chi connectivity index (χ4v) is 2.00. The van der Waals surface area contributed by atoms with Crippen LogP contribution < -0.4 is 4.90 Å². The number of amides is 2. The second-order valence-corrected chi connectivity index (χ2v) is 4.34. The van der Waals surface area contributed by atoms with Gasteiger partial charge in [0.1, 0.15) is 6.54 Å². The second kappa shape index (κ2) is 5.09. The van der Waals surface area contributed by atoms with Crippen LogP contribution in [0.5, 0.6) is 0 Å². The molecule has 0 saturated heterocycles. The average Bonchev–Trinajstić information content (AvgIpc) is 2.48. The summed E-state index contributed by atoms with van der Waals surface area (Å²) < 4.78 is 0. The van der Waals surface area contributed by atoms with Crippen LogP contribution in [-0.2, 0) is 9.59 Å². The molecule has 0 spiro atoms. The third-order valence-electron chi connectivity index (χ3n) is 3.08. The molecule has 2 rings (SSSR count). The monoisotopic (exact) mass is 262 g/mol. The molecular weight excluding hydrogens is 248 g/mol. The number of anilines is 1. The number of likely N-dealkylation sites (N-methyl/N-ethyl adjacent to an activating group) is 1. The highest BCUT2D eigenvalue weighted by atomic mass is 16.4. The van der Waals surface area contributed by atoms with E-state index in [-0.39, 0.29) is 31.3 Å². The van der Waals surface area contributed by atoms with E-state index in [9.17, 15) is 14.4 Å². The number of hydrogen-bond donors (Lipinski definition) is 1. The van der Waals surface area contributed by atoms with Crippen molar-refractivity contribution in [2.45, 2.75) is 6.42 Å². The summed E-state index contributed by atoms with van der Waals surface area (Å²) >= 11 is 0. The normalized spacial score (nSPS) is 15.2. The smallest absolute Gasteiger partial charge is 0.305 e. The molecule has 1 aliphatic heterocycles. The third kappa shape index (κ3) is 2.57. The summed E-state index contributed by atoms with van der Waals surface area (Å²) in [5, 5.41) is 8.68. The molecule has 0 unspecified atom stereocenters. The number of nitrogens with zero attached hydrogens (tertiary/aromatic N) is 2. The first-order valence-electron chi connectivity index (χ1n) is 5.87. The van der Waals surface area contributed by atoms with E-state index in [2.05, 4.69) is 0 Å². The van der Waals surface area contributed by atoms with Crippen molar-refractivity contribution in [3.8, 4) is 0 Å². The number of rotatable bonds is 3. The van der Waals surface area contributed by atoms with Gasteiger partial charge in [-0.05, 0) is 12.1 Å². The van der Waals surface area contributed by atoms with Gasteiger partial charge in [-0.25, -0.2) is 0 Å². The SMILES string of the molecule is CN1C(=O)CN(CCC(=O)O)C(=O)c2ccccc21. The van der Waals surface area contributed by atoms with Gasteiger partial charge in [-0.2, -0.15) is 0 Å². The van der Waals surface area contributed by atoms with Crippen molar-refractivity contribution in [1.29, 1.82) is 0 Å². The minimum absolute atomic E-state index is 0.0298. The summed E-state index contributed by atoms with van der Waals surface area (Å²) in [5.41, 5.74) is 0.969. The maximum absolute atomic E-state index is 12.3. The number of fused-ring (bicyclic) bond motifs is 1. The van der Waals surface area contributed by atoms with Gasteiger partial charge < -0.3 is 14.9 Å². The lowest BCUT2D eigenvalue weighted by Gasteiger charge is -2.18. The Balaban J connectivity index is 2.34. The van der Waals surface area contributed by atoms with Crippen LogP contribution in [0.25, 0.3) is 0 Å². The molecular formula is C13H14N2O4. The fraction of sp³-hybridized carbons (Fsp3) is 0.308. The topological polar surface area (TPSA) is 77.9 Å². The molecule has 0 saturated carbocycles. The van der Waals surface area contributed by atoms with E-state index in [4.69, 9.17) is 5.11 Å². The Morgan fingerprint density at radius 1 is 1.32 bits per heavy atom. The molecule has 0 fully saturated rings. The molecule has 100 valence electrons. The minimum Gasteiger partial charge on any atom is -0.481 e. The molecule has 0 aromatic heterocycles. The Labute approximate surface area is 110 Å². The minimum atomic E-state index is -0.994. The van der Waals surface area contributed by atoms with Crippen LogP contribution in [0.2, 0.25) is 0 Å². The molecule has 0 radical (unpaired) electrons. The van der Waals surface area contributed by atoms with E-state index < -0.39 is 5.97 Å². The van der Waals surface area contributed by atoms with Crippen LogP contribution in [-0.4, -0.2) is 47.9 Å². The molecule has 0 aliphatic carbocycles. The van der Waals surface area contributed by atoms with Crippen LogP contribution in [0.15, 0.2) is 24.3 Å². The summed E-state index contributed by atoms with van der Waals surface area (Å²) in [4.78, 5) is 37.6. The number of hydrogen-bond acceptors (Lipinski definition) is 3. The lowest BCUT2D eigenvalue weighted by atomic mass is 10.1. The van der Waals surface area contributed by atoms with Gasteiger partial charge in [-0.1, -0.05) is 12.1 Å². The number of carbonyl (C=O) groups excluding carboxylic acids is 2. The highest BCUT2D eigenvalue weighted by Crippen LogP contribution is 2.24. The Kier molecular flexibility index (Phi) is 3.50. The van der Waals surface area contributed by atoms with Crippen molar-refractivity contribution in [1.82, 2.24) is 4.90 Å². The van der Waals surface area contributed by atoms with Gasteiger partial charge in [0.05, 0.1) is 17.7 Å². The van der Waals surface area contributed by atoms with E-state index in [1.165, 1.54) is 9.80 Å². The van der Waals surface area contributed by atoms with Crippen molar-refractivity contribution < 1.29 is 19.5 Å². The van der Waals surface area contributed by atoms with Gasteiger partial charge in [0.25, 0.3) is 5.91 Å². The largest absolute Gasteiger partial charge is 0.481 e. The average molecular weight is 262 g/mol. The van der Waals surface area contributed by atoms with Crippen LogP contribution in [0.1, 0.15) is 16.8 Å². The standard InChI is InChI=1S/C13H14N2O4/c1-14-10-5-3-2-4-9(10)13(19)15(8-11(14)16)7-6-12(17)18/h2-5H,6-8H2,1H3,(H,17,18). The molecule has 1 aromatic rings. The highest BCUT2D eigenvalue weighted by molar-refractivity contribution is 6.09. The Bertz CT molecular complexity index is 541. The number of carboxylic acids is 1. The zero-order valence-corrected chi connectivity index (χ0v) is 10.5. The van der Waals surface area contributed by atoms with E-state index in [0.29, 0.717) is 11.3 Å². The van der Waals surface area contributed by atoms with Crippen LogP contribution in [0, 0.1) is 0 Å². The molecule has 0 atom stereocenters. The molecule has 1 aromatic carbocycles. The first kappa shape index (κ1) is 13.1. The van der Waals surface area contributed by atoms with Crippen LogP contribution in [0.3, 0.4) is 0 Å². The molecule has 1 N–H and O–H groups in total. The molecule has 2 amide bonds. The van der Waals surface area contributed by atoms with Gasteiger partial charge in [0.15, 0.2) is 0 Å². The van der Waals surface area contributed by atoms with Crippen molar-refractivity contribution in [2.75, 3.05) is 25.0 Å². The van der Waals surface area contributed by atoms with E-state index >= 15 is 0 Å². The molecule has 1 heterocycles. The lowest BCUT2D eigenvalue weighted by molar-refractivity contribution is -0.137. The highest BCUT2D eigenvalue weighted by Gasteiger charge is 2.29. The first-order chi connectivity index (χ1) is 9.00. The van der Waals surface area contributed by atoms with Crippen LogP contribution >= 0.6 is 0 Å². The Morgan fingerprint density at radius 2 is 2.00 bits per heavy atom. The van der Waals surface area contributed by atoms with Crippen molar-refractivity contribution in [3.63, 3.8) is 0 Å². The molecule has 1 aliphatic rings. The van der Waals surface area contributed by atoms with Gasteiger partial charge in [0.2, 0.25) is 5.91 Å². The maximum atomic E-state index is 12.3. The van der Waals surface area contributed by atoms with Gasteiger partial charge in [-0.15, -0.1) is 0 Å². The zero-order valence-electron chi connectivity index (χ0n) is 10.5. The molecule has 0 bridgehead atoms. The predicted octanol–water partition coefficient (Wildman–Crippen LogP) is 0.580. The number of carboxylic acid groups (broad SMARTS) is 1.